The molecule has 1 aromatic rings. The lowest BCUT2D eigenvalue weighted by Crippen LogP contribution is -2.37. The van der Waals surface area contributed by atoms with Gasteiger partial charge in [-0.2, -0.15) is 0 Å². The van der Waals surface area contributed by atoms with Crippen molar-refractivity contribution >= 4 is 5.82 Å². The van der Waals surface area contributed by atoms with E-state index >= 15 is 0 Å². The molecular weight excluding hydrogens is 260 g/mol. The number of fused-ring (bicyclic) bond motifs is 1. The quantitative estimate of drug-likeness (QED) is 0.920. The lowest BCUT2D eigenvalue weighted by Gasteiger charge is -2.27. The first-order valence-electron chi connectivity index (χ1n) is 8.43. The highest BCUT2D eigenvalue weighted by molar-refractivity contribution is 5.43. The Hall–Kier alpha value is -1.13. The first-order valence-corrected chi connectivity index (χ1v) is 8.43. The highest BCUT2D eigenvalue weighted by Gasteiger charge is 2.29. The Labute approximate surface area is 128 Å². The average molecular weight is 288 g/mol. The van der Waals surface area contributed by atoms with Gasteiger partial charge < -0.3 is 10.2 Å². The van der Waals surface area contributed by atoms with Crippen LogP contribution in [-0.2, 0) is 6.54 Å². The number of pyridine rings is 1. The van der Waals surface area contributed by atoms with E-state index in [0.29, 0.717) is 0 Å². The van der Waals surface area contributed by atoms with Crippen LogP contribution in [0.5, 0.6) is 0 Å². The van der Waals surface area contributed by atoms with Crippen molar-refractivity contribution in [3.8, 4) is 0 Å². The van der Waals surface area contributed by atoms with Gasteiger partial charge in [-0.3, -0.25) is 4.90 Å². The molecule has 21 heavy (non-hydrogen) atoms. The summed E-state index contributed by atoms with van der Waals surface area (Å²) in [6.45, 7) is 11.1. The van der Waals surface area contributed by atoms with Crippen LogP contribution < -0.4 is 10.2 Å². The smallest absolute Gasteiger partial charge is 0.129 e. The molecule has 2 aliphatic heterocycles. The molecule has 0 bridgehead atoms. The van der Waals surface area contributed by atoms with E-state index in [1.165, 1.54) is 43.7 Å². The SMILES string of the molecule is CCNCc1cc(C)nc(N2CCCN3CCCC3C2)c1. The maximum absolute atomic E-state index is 4.80. The van der Waals surface area contributed by atoms with E-state index in [1.54, 1.807) is 0 Å². The minimum atomic E-state index is 0.743. The van der Waals surface area contributed by atoms with Crippen molar-refractivity contribution < 1.29 is 0 Å². The monoisotopic (exact) mass is 288 g/mol. The minimum Gasteiger partial charge on any atom is -0.355 e. The van der Waals surface area contributed by atoms with Crippen LogP contribution in [0.25, 0.3) is 0 Å². The zero-order chi connectivity index (χ0) is 14.7. The topological polar surface area (TPSA) is 31.4 Å². The number of rotatable bonds is 4. The van der Waals surface area contributed by atoms with Crippen LogP contribution in [0.2, 0.25) is 0 Å². The molecule has 3 rings (SSSR count). The zero-order valence-electron chi connectivity index (χ0n) is 13.4. The summed E-state index contributed by atoms with van der Waals surface area (Å²) < 4.78 is 0. The molecule has 0 aromatic carbocycles. The van der Waals surface area contributed by atoms with Crippen molar-refractivity contribution in [2.75, 3.05) is 37.6 Å². The second-order valence-corrected chi connectivity index (χ2v) is 6.39. The number of nitrogens with one attached hydrogen (secondary N) is 1. The number of hydrogen-bond donors (Lipinski definition) is 1. The van der Waals surface area contributed by atoms with Crippen LogP contribution in [0.15, 0.2) is 12.1 Å². The first kappa shape index (κ1) is 14.8. The first-order chi connectivity index (χ1) is 10.3. The van der Waals surface area contributed by atoms with Gasteiger partial charge in [0, 0.05) is 37.9 Å². The predicted molar refractivity (Wildman–Crippen MR) is 87.8 cm³/mol. The van der Waals surface area contributed by atoms with Crippen molar-refractivity contribution in [3.63, 3.8) is 0 Å². The lowest BCUT2D eigenvalue weighted by molar-refractivity contribution is 0.273. The van der Waals surface area contributed by atoms with E-state index < -0.39 is 0 Å². The van der Waals surface area contributed by atoms with Gasteiger partial charge in [0.15, 0.2) is 0 Å². The van der Waals surface area contributed by atoms with Crippen LogP contribution in [0.3, 0.4) is 0 Å². The Morgan fingerprint density at radius 2 is 2.10 bits per heavy atom. The van der Waals surface area contributed by atoms with Gasteiger partial charge in [0.25, 0.3) is 0 Å². The maximum atomic E-state index is 4.80. The molecule has 3 heterocycles. The Morgan fingerprint density at radius 1 is 1.24 bits per heavy atom. The van der Waals surface area contributed by atoms with Gasteiger partial charge in [-0.1, -0.05) is 6.92 Å². The molecule has 0 aliphatic carbocycles. The molecule has 2 fully saturated rings. The third-order valence-electron chi connectivity index (χ3n) is 4.71. The molecule has 1 atom stereocenters. The van der Waals surface area contributed by atoms with E-state index in [2.05, 4.69) is 41.1 Å². The van der Waals surface area contributed by atoms with Crippen molar-refractivity contribution in [2.45, 2.75) is 45.7 Å². The highest BCUT2D eigenvalue weighted by atomic mass is 15.3. The Balaban J connectivity index is 1.76. The Bertz CT molecular complexity index is 474. The number of nitrogens with zero attached hydrogens (tertiary/aromatic N) is 3. The molecule has 2 saturated heterocycles. The number of hydrogen-bond acceptors (Lipinski definition) is 4. The van der Waals surface area contributed by atoms with Crippen molar-refractivity contribution in [1.29, 1.82) is 0 Å². The van der Waals surface area contributed by atoms with E-state index in [9.17, 15) is 0 Å². The summed E-state index contributed by atoms with van der Waals surface area (Å²) in [6.07, 6.45) is 3.98. The molecule has 4 nitrogen and oxygen atoms in total. The van der Waals surface area contributed by atoms with Crippen LogP contribution in [0.4, 0.5) is 5.82 Å². The largest absolute Gasteiger partial charge is 0.355 e. The van der Waals surface area contributed by atoms with E-state index in [4.69, 9.17) is 4.98 Å². The number of anilines is 1. The van der Waals surface area contributed by atoms with Gasteiger partial charge >= 0.3 is 0 Å². The van der Waals surface area contributed by atoms with Gasteiger partial charge in [-0.15, -0.1) is 0 Å². The molecule has 0 saturated carbocycles. The Kier molecular flexibility index (Phi) is 4.76. The molecule has 0 spiro atoms. The summed E-state index contributed by atoms with van der Waals surface area (Å²) in [6, 6.07) is 5.22. The van der Waals surface area contributed by atoms with Gasteiger partial charge in [0.2, 0.25) is 0 Å². The van der Waals surface area contributed by atoms with Gasteiger partial charge in [-0.25, -0.2) is 4.98 Å². The fraction of sp³-hybridized carbons (Fsp3) is 0.706. The highest BCUT2D eigenvalue weighted by Crippen LogP contribution is 2.24. The summed E-state index contributed by atoms with van der Waals surface area (Å²) >= 11 is 0. The van der Waals surface area contributed by atoms with Crippen LogP contribution in [0.1, 0.15) is 37.4 Å². The van der Waals surface area contributed by atoms with Crippen molar-refractivity contribution in [3.05, 3.63) is 23.4 Å². The molecule has 116 valence electrons. The Morgan fingerprint density at radius 3 is 2.95 bits per heavy atom. The number of aryl methyl sites for hydroxylation is 1. The fourth-order valence-electron chi connectivity index (χ4n) is 3.67. The van der Waals surface area contributed by atoms with Crippen molar-refractivity contribution in [1.82, 2.24) is 15.2 Å². The predicted octanol–water partition coefficient (Wildman–Crippen LogP) is 2.17. The zero-order valence-corrected chi connectivity index (χ0v) is 13.4. The molecule has 4 heteroatoms. The fourth-order valence-corrected chi connectivity index (χ4v) is 3.67. The second kappa shape index (κ2) is 6.75. The minimum absolute atomic E-state index is 0.743. The molecule has 2 aliphatic rings. The van der Waals surface area contributed by atoms with E-state index in [0.717, 1.165) is 37.9 Å². The van der Waals surface area contributed by atoms with E-state index in [-0.39, 0.29) is 0 Å². The van der Waals surface area contributed by atoms with Crippen molar-refractivity contribution in [2.24, 2.45) is 0 Å². The molecule has 1 aromatic heterocycles. The van der Waals surface area contributed by atoms with Crippen LogP contribution in [-0.4, -0.2) is 48.6 Å². The maximum Gasteiger partial charge on any atom is 0.129 e. The van der Waals surface area contributed by atoms with Crippen LogP contribution >= 0.6 is 0 Å². The third kappa shape index (κ3) is 3.55. The normalized spacial score (nSPS) is 23.1. The summed E-state index contributed by atoms with van der Waals surface area (Å²) in [5.41, 5.74) is 2.49. The van der Waals surface area contributed by atoms with Gasteiger partial charge in [0.05, 0.1) is 0 Å². The molecule has 1 unspecified atom stereocenters. The number of aromatic nitrogens is 1. The molecule has 0 amide bonds. The van der Waals surface area contributed by atoms with Gasteiger partial charge in [-0.05, 0) is 57.0 Å². The van der Waals surface area contributed by atoms with E-state index in [1.807, 2.05) is 0 Å². The summed E-state index contributed by atoms with van der Waals surface area (Å²) in [5, 5.41) is 3.42. The molecule has 1 N–H and O–H groups in total. The second-order valence-electron chi connectivity index (χ2n) is 6.39. The summed E-state index contributed by atoms with van der Waals surface area (Å²) in [5.74, 6) is 1.18. The average Bonchev–Trinajstić information content (AvgIpc) is 2.81. The standard InChI is InChI=1S/C17H28N4/c1-3-18-12-15-10-14(2)19-17(11-15)21-9-5-8-20-7-4-6-16(20)13-21/h10-11,16,18H,3-9,12-13H2,1-2H3. The summed E-state index contributed by atoms with van der Waals surface area (Å²) in [7, 11) is 0. The summed E-state index contributed by atoms with van der Waals surface area (Å²) in [4.78, 5) is 9.99. The molecular formula is C17H28N4. The van der Waals surface area contributed by atoms with Crippen LogP contribution in [0, 0.1) is 6.92 Å². The lowest BCUT2D eigenvalue weighted by atomic mass is 10.2. The molecule has 0 radical (unpaired) electrons. The third-order valence-corrected chi connectivity index (χ3v) is 4.71. The van der Waals surface area contributed by atoms with Gasteiger partial charge in [0.1, 0.15) is 5.82 Å².